The summed E-state index contributed by atoms with van der Waals surface area (Å²) in [6, 6.07) is 3.67. The van der Waals surface area contributed by atoms with Gasteiger partial charge in [0.25, 0.3) is 5.91 Å². The molecule has 8 nitrogen and oxygen atoms in total. The van der Waals surface area contributed by atoms with E-state index >= 15 is 0 Å². The van der Waals surface area contributed by atoms with Gasteiger partial charge in [-0.3, -0.25) is 4.79 Å². The molecule has 0 aliphatic rings. The molecular weight excluding hydrogens is 296 g/mol. The zero-order chi connectivity index (χ0) is 16.2. The maximum Gasteiger partial charge on any atom is 0.289 e. The van der Waals surface area contributed by atoms with Gasteiger partial charge in [-0.15, -0.1) is 0 Å². The van der Waals surface area contributed by atoms with Crippen molar-refractivity contribution in [3.8, 4) is 5.82 Å². The molecule has 3 aromatic rings. The van der Waals surface area contributed by atoms with Gasteiger partial charge in [-0.25, -0.2) is 19.6 Å². The minimum absolute atomic E-state index is 0.244. The van der Waals surface area contributed by atoms with Crippen LogP contribution in [0.2, 0.25) is 0 Å². The number of rotatable bonds is 5. The maximum absolute atomic E-state index is 12.3. The first kappa shape index (κ1) is 14.9. The lowest BCUT2D eigenvalue weighted by Crippen LogP contribution is -2.24. The molecule has 23 heavy (non-hydrogen) atoms. The van der Waals surface area contributed by atoms with E-state index in [9.17, 15) is 4.79 Å². The van der Waals surface area contributed by atoms with Crippen LogP contribution in [-0.2, 0) is 13.0 Å². The van der Waals surface area contributed by atoms with Gasteiger partial charge in [0.05, 0.1) is 5.69 Å². The molecule has 0 saturated carbocycles. The Morgan fingerprint density at radius 1 is 1.43 bits per heavy atom. The maximum atomic E-state index is 12.3. The highest BCUT2D eigenvalue weighted by molar-refractivity contribution is 5.92. The molecule has 3 heterocycles. The van der Waals surface area contributed by atoms with Crippen LogP contribution in [0, 0.1) is 6.92 Å². The highest BCUT2D eigenvalue weighted by atomic mass is 16.4. The van der Waals surface area contributed by atoms with Crippen molar-refractivity contribution >= 4 is 5.91 Å². The summed E-state index contributed by atoms with van der Waals surface area (Å²) < 4.78 is 7.00. The van der Waals surface area contributed by atoms with Gasteiger partial charge in [0.2, 0.25) is 5.76 Å². The van der Waals surface area contributed by atoms with Gasteiger partial charge in [0.1, 0.15) is 12.7 Å². The van der Waals surface area contributed by atoms with Gasteiger partial charge in [0, 0.05) is 24.7 Å². The predicted molar refractivity (Wildman–Crippen MR) is 80.9 cm³/mol. The van der Waals surface area contributed by atoms with Gasteiger partial charge in [-0.2, -0.15) is 5.10 Å². The molecule has 0 aliphatic carbocycles. The number of aryl methyl sites for hydroxylation is 2. The van der Waals surface area contributed by atoms with Crippen LogP contribution in [0.3, 0.4) is 0 Å². The van der Waals surface area contributed by atoms with Gasteiger partial charge < -0.3 is 9.73 Å². The van der Waals surface area contributed by atoms with Crippen molar-refractivity contribution in [1.29, 1.82) is 0 Å². The van der Waals surface area contributed by atoms with Gasteiger partial charge in [0.15, 0.2) is 11.7 Å². The SMILES string of the molecule is CCc1nc(C)c(C(=O)NCc2cccnc2-n2cncn2)o1. The molecule has 0 saturated heterocycles. The summed E-state index contributed by atoms with van der Waals surface area (Å²) in [6.07, 6.45) is 5.30. The van der Waals surface area contributed by atoms with Gasteiger partial charge in [-0.1, -0.05) is 13.0 Å². The van der Waals surface area contributed by atoms with Crippen LogP contribution in [0.4, 0.5) is 0 Å². The molecule has 1 N–H and O–H groups in total. The Kier molecular flexibility index (Phi) is 4.13. The summed E-state index contributed by atoms with van der Waals surface area (Å²) in [5.41, 5.74) is 1.40. The van der Waals surface area contributed by atoms with Crippen LogP contribution in [-0.4, -0.2) is 30.6 Å². The zero-order valence-corrected chi connectivity index (χ0v) is 12.9. The van der Waals surface area contributed by atoms with E-state index in [0.29, 0.717) is 30.4 Å². The molecule has 0 aliphatic heterocycles. The number of amides is 1. The number of aromatic nitrogens is 5. The predicted octanol–water partition coefficient (Wildman–Crippen LogP) is 1.45. The monoisotopic (exact) mass is 312 g/mol. The molecule has 0 atom stereocenters. The number of oxazole rings is 1. The first-order valence-corrected chi connectivity index (χ1v) is 7.22. The Bertz CT molecular complexity index is 809. The third-order valence-corrected chi connectivity index (χ3v) is 3.29. The number of nitrogens with one attached hydrogen (secondary N) is 1. The van der Waals surface area contributed by atoms with E-state index in [1.165, 1.54) is 6.33 Å². The van der Waals surface area contributed by atoms with Crippen LogP contribution in [0.15, 0.2) is 35.4 Å². The minimum atomic E-state index is -0.303. The summed E-state index contributed by atoms with van der Waals surface area (Å²) in [5.74, 6) is 1.11. The molecule has 0 fully saturated rings. The van der Waals surface area contributed by atoms with Crippen LogP contribution in [0.5, 0.6) is 0 Å². The lowest BCUT2D eigenvalue weighted by Gasteiger charge is -2.08. The molecule has 0 radical (unpaired) electrons. The van der Waals surface area contributed by atoms with Crippen LogP contribution in [0.25, 0.3) is 5.82 Å². The molecule has 118 valence electrons. The number of nitrogens with zero attached hydrogens (tertiary/aromatic N) is 5. The highest BCUT2D eigenvalue weighted by Crippen LogP contribution is 2.12. The average Bonchev–Trinajstić information content (AvgIpc) is 3.22. The normalized spacial score (nSPS) is 10.7. The lowest BCUT2D eigenvalue weighted by atomic mass is 10.2. The van der Waals surface area contributed by atoms with Crippen molar-refractivity contribution in [3.63, 3.8) is 0 Å². The summed E-state index contributed by atoms with van der Waals surface area (Å²) >= 11 is 0. The Hall–Kier alpha value is -3.03. The second-order valence-corrected chi connectivity index (χ2v) is 4.88. The number of pyridine rings is 1. The standard InChI is InChI=1S/C15H16N6O2/c1-3-12-20-10(2)13(23-12)15(22)18-7-11-5-4-6-17-14(11)21-9-16-8-19-21/h4-6,8-9H,3,7H2,1-2H3,(H,18,22). The van der Waals surface area contributed by atoms with E-state index in [1.807, 2.05) is 13.0 Å². The van der Waals surface area contributed by atoms with E-state index < -0.39 is 0 Å². The van der Waals surface area contributed by atoms with Gasteiger partial charge >= 0.3 is 0 Å². The molecule has 0 spiro atoms. The van der Waals surface area contributed by atoms with Crippen molar-refractivity contribution in [1.82, 2.24) is 30.0 Å². The quantitative estimate of drug-likeness (QED) is 0.765. The summed E-state index contributed by atoms with van der Waals surface area (Å²) in [4.78, 5) is 24.7. The van der Waals surface area contributed by atoms with Crippen LogP contribution < -0.4 is 5.32 Å². The van der Waals surface area contributed by atoms with Crippen molar-refractivity contribution in [2.75, 3.05) is 0 Å². The minimum Gasteiger partial charge on any atom is -0.435 e. The largest absolute Gasteiger partial charge is 0.435 e. The third-order valence-electron chi connectivity index (χ3n) is 3.29. The molecule has 0 bridgehead atoms. The highest BCUT2D eigenvalue weighted by Gasteiger charge is 2.17. The average molecular weight is 312 g/mol. The Labute approximate surface area is 132 Å². The topological polar surface area (TPSA) is 98.7 Å². The molecular formula is C15H16N6O2. The van der Waals surface area contributed by atoms with E-state index in [-0.39, 0.29) is 11.7 Å². The van der Waals surface area contributed by atoms with Crippen LogP contribution >= 0.6 is 0 Å². The molecule has 3 rings (SSSR count). The van der Waals surface area contributed by atoms with E-state index in [1.54, 1.807) is 30.2 Å². The van der Waals surface area contributed by atoms with Crippen molar-refractivity contribution in [2.45, 2.75) is 26.8 Å². The first-order chi connectivity index (χ1) is 11.2. The smallest absolute Gasteiger partial charge is 0.289 e. The fourth-order valence-corrected chi connectivity index (χ4v) is 2.16. The second-order valence-electron chi connectivity index (χ2n) is 4.88. The molecule has 8 heteroatoms. The number of carbonyl (C=O) groups excluding carboxylic acids is 1. The molecule has 3 aromatic heterocycles. The number of hydrogen-bond donors (Lipinski definition) is 1. The van der Waals surface area contributed by atoms with Crippen molar-refractivity contribution in [3.05, 3.63) is 53.9 Å². The third kappa shape index (κ3) is 3.10. The zero-order valence-electron chi connectivity index (χ0n) is 12.9. The van der Waals surface area contributed by atoms with Crippen molar-refractivity contribution in [2.24, 2.45) is 0 Å². The summed E-state index contributed by atoms with van der Waals surface area (Å²) in [6.45, 7) is 3.97. The van der Waals surface area contributed by atoms with Crippen LogP contribution in [0.1, 0.15) is 34.6 Å². The summed E-state index contributed by atoms with van der Waals surface area (Å²) in [5, 5.41) is 6.88. The number of carbonyl (C=O) groups is 1. The molecule has 1 amide bonds. The summed E-state index contributed by atoms with van der Waals surface area (Å²) in [7, 11) is 0. The Morgan fingerprint density at radius 2 is 2.30 bits per heavy atom. The number of hydrogen-bond acceptors (Lipinski definition) is 6. The van der Waals surface area contributed by atoms with E-state index in [0.717, 1.165) is 5.56 Å². The lowest BCUT2D eigenvalue weighted by molar-refractivity contribution is 0.0920. The van der Waals surface area contributed by atoms with Gasteiger partial charge in [-0.05, 0) is 13.0 Å². The molecule has 0 unspecified atom stereocenters. The Balaban J connectivity index is 1.76. The first-order valence-electron chi connectivity index (χ1n) is 7.22. The second kappa shape index (κ2) is 6.39. The van der Waals surface area contributed by atoms with Crippen molar-refractivity contribution < 1.29 is 9.21 Å². The van der Waals surface area contributed by atoms with E-state index in [4.69, 9.17) is 4.42 Å². The Morgan fingerprint density at radius 3 is 3.00 bits per heavy atom. The fourth-order valence-electron chi connectivity index (χ4n) is 2.16. The molecule has 0 aromatic carbocycles. The van der Waals surface area contributed by atoms with E-state index in [2.05, 4.69) is 25.4 Å². The fraction of sp³-hybridized carbons (Fsp3) is 0.267.